The molecule has 0 aromatic carbocycles. The third kappa shape index (κ3) is 2.25. The van der Waals surface area contributed by atoms with Gasteiger partial charge >= 0.3 is 5.97 Å². The van der Waals surface area contributed by atoms with E-state index >= 15 is 0 Å². The van der Waals surface area contributed by atoms with Crippen molar-refractivity contribution in [2.45, 2.75) is 32.4 Å². The minimum absolute atomic E-state index is 0.198. The van der Waals surface area contributed by atoms with Crippen molar-refractivity contribution in [2.24, 2.45) is 17.6 Å². The maximum atomic E-state index is 10.9. The van der Waals surface area contributed by atoms with E-state index in [-0.39, 0.29) is 6.04 Å². The Hall–Kier alpha value is -0.610. The van der Waals surface area contributed by atoms with Gasteiger partial charge in [-0.3, -0.25) is 4.79 Å². The third-order valence-electron chi connectivity index (χ3n) is 3.17. The standard InChI is InChI=1S/C10H20N2O2/c1-6(2)9-4-8(11)7(10(13)14)5-12(9)3/h6-9H,4-5,11H2,1-3H3,(H,13,14). The second-order valence-electron chi connectivity index (χ2n) is 4.60. The zero-order chi connectivity index (χ0) is 10.9. The summed E-state index contributed by atoms with van der Waals surface area (Å²) in [5, 5.41) is 8.94. The lowest BCUT2D eigenvalue weighted by molar-refractivity contribution is -0.145. The van der Waals surface area contributed by atoms with Crippen LogP contribution in [0.2, 0.25) is 0 Å². The summed E-state index contributed by atoms with van der Waals surface area (Å²) in [6, 6.07) is 0.219. The largest absolute Gasteiger partial charge is 0.481 e. The van der Waals surface area contributed by atoms with Gasteiger partial charge in [0.05, 0.1) is 5.92 Å². The average molecular weight is 200 g/mol. The van der Waals surface area contributed by atoms with Crippen LogP contribution in [0.5, 0.6) is 0 Å². The van der Waals surface area contributed by atoms with E-state index in [1.165, 1.54) is 0 Å². The Labute approximate surface area is 85.1 Å². The molecule has 14 heavy (non-hydrogen) atoms. The number of carboxylic acid groups (broad SMARTS) is 1. The Bertz CT molecular complexity index is 218. The van der Waals surface area contributed by atoms with E-state index in [0.717, 1.165) is 6.42 Å². The Morgan fingerprint density at radius 3 is 2.57 bits per heavy atom. The summed E-state index contributed by atoms with van der Waals surface area (Å²) < 4.78 is 0. The van der Waals surface area contributed by atoms with Crippen LogP contribution >= 0.6 is 0 Å². The molecule has 1 aliphatic rings. The van der Waals surface area contributed by atoms with Crippen molar-refractivity contribution >= 4 is 5.97 Å². The van der Waals surface area contributed by atoms with Crippen LogP contribution in [-0.4, -0.2) is 41.7 Å². The van der Waals surface area contributed by atoms with Gasteiger partial charge in [0.2, 0.25) is 0 Å². The van der Waals surface area contributed by atoms with Crippen LogP contribution in [0.15, 0.2) is 0 Å². The zero-order valence-corrected chi connectivity index (χ0v) is 9.10. The number of piperidine rings is 1. The molecule has 0 bridgehead atoms. The van der Waals surface area contributed by atoms with Crippen molar-refractivity contribution in [1.82, 2.24) is 4.90 Å². The SMILES string of the molecule is CC(C)C1CC(N)C(C(=O)O)CN1C. The van der Waals surface area contributed by atoms with Crippen molar-refractivity contribution < 1.29 is 9.90 Å². The second kappa shape index (κ2) is 4.28. The molecule has 4 heteroatoms. The minimum Gasteiger partial charge on any atom is -0.481 e. The molecule has 3 unspecified atom stereocenters. The average Bonchev–Trinajstić information content (AvgIpc) is 2.07. The molecule has 0 aliphatic carbocycles. The fourth-order valence-corrected chi connectivity index (χ4v) is 2.25. The summed E-state index contributed by atoms with van der Waals surface area (Å²) in [6.45, 7) is 4.86. The molecule has 0 radical (unpaired) electrons. The Balaban J connectivity index is 2.66. The van der Waals surface area contributed by atoms with Gasteiger partial charge in [-0.25, -0.2) is 0 Å². The maximum absolute atomic E-state index is 10.9. The van der Waals surface area contributed by atoms with E-state index in [9.17, 15) is 4.79 Å². The fourth-order valence-electron chi connectivity index (χ4n) is 2.25. The molecule has 0 spiro atoms. The highest BCUT2D eigenvalue weighted by atomic mass is 16.4. The molecule has 1 rings (SSSR count). The molecule has 1 saturated heterocycles. The monoisotopic (exact) mass is 200 g/mol. The Morgan fingerprint density at radius 1 is 1.57 bits per heavy atom. The van der Waals surface area contributed by atoms with Gasteiger partial charge in [-0.1, -0.05) is 13.8 Å². The maximum Gasteiger partial charge on any atom is 0.309 e. The first-order valence-corrected chi connectivity index (χ1v) is 5.12. The molecular weight excluding hydrogens is 180 g/mol. The molecule has 3 N–H and O–H groups in total. The molecule has 0 saturated carbocycles. The van der Waals surface area contributed by atoms with E-state index in [1.807, 2.05) is 7.05 Å². The zero-order valence-electron chi connectivity index (χ0n) is 9.10. The molecule has 0 aromatic rings. The molecule has 0 amide bonds. The number of carboxylic acids is 1. The Morgan fingerprint density at radius 2 is 2.14 bits per heavy atom. The van der Waals surface area contributed by atoms with Gasteiger partial charge in [0.15, 0.2) is 0 Å². The van der Waals surface area contributed by atoms with Gasteiger partial charge in [0.25, 0.3) is 0 Å². The van der Waals surface area contributed by atoms with Crippen LogP contribution < -0.4 is 5.73 Å². The summed E-state index contributed by atoms with van der Waals surface area (Å²) >= 11 is 0. The summed E-state index contributed by atoms with van der Waals surface area (Å²) in [7, 11) is 1.98. The van der Waals surface area contributed by atoms with Crippen LogP contribution in [0.1, 0.15) is 20.3 Å². The number of hydrogen-bond acceptors (Lipinski definition) is 3. The van der Waals surface area contributed by atoms with Crippen LogP contribution in [-0.2, 0) is 4.79 Å². The van der Waals surface area contributed by atoms with Crippen LogP contribution in [0.25, 0.3) is 0 Å². The van der Waals surface area contributed by atoms with E-state index in [2.05, 4.69) is 18.7 Å². The number of aliphatic carboxylic acids is 1. The van der Waals surface area contributed by atoms with Gasteiger partial charge in [-0.2, -0.15) is 0 Å². The van der Waals surface area contributed by atoms with Crippen molar-refractivity contribution in [3.8, 4) is 0 Å². The molecule has 1 aliphatic heterocycles. The van der Waals surface area contributed by atoms with Crippen LogP contribution in [0, 0.1) is 11.8 Å². The van der Waals surface area contributed by atoms with Crippen LogP contribution in [0.3, 0.4) is 0 Å². The van der Waals surface area contributed by atoms with Crippen molar-refractivity contribution in [3.63, 3.8) is 0 Å². The first kappa shape index (κ1) is 11.5. The molecule has 3 atom stereocenters. The van der Waals surface area contributed by atoms with E-state index in [1.54, 1.807) is 0 Å². The first-order valence-electron chi connectivity index (χ1n) is 5.12. The number of rotatable bonds is 2. The first-order chi connectivity index (χ1) is 6.43. The second-order valence-corrected chi connectivity index (χ2v) is 4.60. The minimum atomic E-state index is -0.772. The third-order valence-corrected chi connectivity index (χ3v) is 3.17. The molecule has 1 fully saturated rings. The lowest BCUT2D eigenvalue weighted by Gasteiger charge is -2.41. The summed E-state index contributed by atoms with van der Waals surface area (Å²) in [5.41, 5.74) is 5.86. The Kier molecular flexibility index (Phi) is 3.50. The molecule has 0 aromatic heterocycles. The highest BCUT2D eigenvalue weighted by Crippen LogP contribution is 2.24. The summed E-state index contributed by atoms with van der Waals surface area (Å²) in [6.07, 6.45) is 0.783. The van der Waals surface area contributed by atoms with Gasteiger partial charge in [-0.15, -0.1) is 0 Å². The lowest BCUT2D eigenvalue weighted by Crippen LogP contribution is -2.54. The van der Waals surface area contributed by atoms with Gasteiger partial charge in [0, 0.05) is 18.6 Å². The lowest BCUT2D eigenvalue weighted by atomic mass is 9.84. The van der Waals surface area contributed by atoms with Gasteiger partial charge < -0.3 is 15.7 Å². The highest BCUT2D eigenvalue weighted by Gasteiger charge is 2.36. The number of nitrogens with zero attached hydrogens (tertiary/aromatic N) is 1. The van der Waals surface area contributed by atoms with E-state index in [0.29, 0.717) is 18.5 Å². The van der Waals surface area contributed by atoms with Crippen LogP contribution in [0.4, 0.5) is 0 Å². The topological polar surface area (TPSA) is 66.6 Å². The van der Waals surface area contributed by atoms with Crippen molar-refractivity contribution in [2.75, 3.05) is 13.6 Å². The van der Waals surface area contributed by atoms with E-state index in [4.69, 9.17) is 10.8 Å². The molecule has 4 nitrogen and oxygen atoms in total. The van der Waals surface area contributed by atoms with Crippen molar-refractivity contribution in [1.29, 1.82) is 0 Å². The molecular formula is C10H20N2O2. The fraction of sp³-hybridized carbons (Fsp3) is 0.900. The number of likely N-dealkylation sites (tertiary alicyclic amines) is 1. The highest BCUT2D eigenvalue weighted by molar-refractivity contribution is 5.71. The summed E-state index contributed by atoms with van der Waals surface area (Å²) in [5.74, 6) is -0.651. The molecule has 82 valence electrons. The quantitative estimate of drug-likeness (QED) is 0.676. The number of carbonyl (C=O) groups is 1. The summed E-state index contributed by atoms with van der Waals surface area (Å²) in [4.78, 5) is 13.0. The van der Waals surface area contributed by atoms with Gasteiger partial charge in [-0.05, 0) is 19.4 Å². The van der Waals surface area contributed by atoms with Gasteiger partial charge in [0.1, 0.15) is 0 Å². The molecule has 1 heterocycles. The predicted octanol–water partition coefficient (Wildman–Crippen LogP) is 0.375. The van der Waals surface area contributed by atoms with Crippen molar-refractivity contribution in [3.05, 3.63) is 0 Å². The normalized spacial score (nSPS) is 34.8. The van der Waals surface area contributed by atoms with E-state index < -0.39 is 11.9 Å². The number of nitrogens with two attached hydrogens (primary N) is 1. The smallest absolute Gasteiger partial charge is 0.309 e. The predicted molar refractivity (Wildman–Crippen MR) is 55.0 cm³/mol. The number of hydrogen-bond donors (Lipinski definition) is 2.